The van der Waals surface area contributed by atoms with Crippen LogP contribution in [0.15, 0.2) is 48.5 Å². The third-order valence-corrected chi connectivity index (χ3v) is 3.66. The number of aromatic hydroxyl groups is 1. The second-order valence-corrected chi connectivity index (χ2v) is 5.62. The number of rotatable bonds is 5. The molecule has 2 N–H and O–H groups in total. The molecule has 0 spiro atoms. The summed E-state index contributed by atoms with van der Waals surface area (Å²) in [7, 11) is 3.96. The highest BCUT2D eigenvalue weighted by molar-refractivity contribution is 5.97. The highest BCUT2D eigenvalue weighted by Crippen LogP contribution is 2.20. The van der Waals surface area contributed by atoms with Crippen molar-refractivity contribution >= 4 is 5.91 Å². The van der Waals surface area contributed by atoms with Crippen molar-refractivity contribution in [2.24, 2.45) is 0 Å². The molecule has 4 heteroatoms. The third-order valence-electron chi connectivity index (χ3n) is 3.66. The quantitative estimate of drug-likeness (QED) is 0.892. The fourth-order valence-electron chi connectivity index (χ4n) is 2.39. The van der Waals surface area contributed by atoms with E-state index in [1.807, 2.05) is 51.4 Å². The van der Waals surface area contributed by atoms with E-state index in [2.05, 4.69) is 10.2 Å². The molecule has 1 unspecified atom stereocenters. The average Bonchev–Trinajstić information content (AvgIpc) is 2.50. The van der Waals surface area contributed by atoms with Gasteiger partial charge >= 0.3 is 0 Å². The summed E-state index contributed by atoms with van der Waals surface area (Å²) in [4.78, 5) is 14.3. The highest BCUT2D eigenvalue weighted by Gasteiger charge is 2.17. The van der Waals surface area contributed by atoms with Gasteiger partial charge in [-0.25, -0.2) is 0 Å². The maximum Gasteiger partial charge on any atom is 0.255 e. The molecular formula is C18H22N2O2. The summed E-state index contributed by atoms with van der Waals surface area (Å²) in [6.45, 7) is 2.37. The van der Waals surface area contributed by atoms with Crippen molar-refractivity contribution in [3.8, 4) is 5.75 Å². The molecule has 22 heavy (non-hydrogen) atoms. The zero-order valence-electron chi connectivity index (χ0n) is 13.2. The molecule has 4 nitrogen and oxygen atoms in total. The van der Waals surface area contributed by atoms with Gasteiger partial charge in [0, 0.05) is 6.54 Å². The molecule has 2 aromatic rings. The Morgan fingerprint density at radius 1 is 1.18 bits per heavy atom. The Hall–Kier alpha value is -2.33. The van der Waals surface area contributed by atoms with Gasteiger partial charge in [-0.3, -0.25) is 4.79 Å². The van der Waals surface area contributed by atoms with Gasteiger partial charge in [0.05, 0.1) is 11.6 Å². The van der Waals surface area contributed by atoms with Crippen LogP contribution >= 0.6 is 0 Å². The lowest BCUT2D eigenvalue weighted by molar-refractivity contribution is 0.0939. The van der Waals surface area contributed by atoms with Crippen LogP contribution < -0.4 is 5.32 Å². The van der Waals surface area contributed by atoms with Gasteiger partial charge in [0.15, 0.2) is 0 Å². The summed E-state index contributed by atoms with van der Waals surface area (Å²) >= 11 is 0. The second-order valence-electron chi connectivity index (χ2n) is 5.62. The molecule has 0 aliphatic carbocycles. The maximum absolute atomic E-state index is 12.3. The number of likely N-dealkylation sites (N-methyl/N-ethyl adjacent to an activating group) is 1. The number of nitrogens with one attached hydrogen (secondary N) is 1. The van der Waals surface area contributed by atoms with E-state index in [-0.39, 0.29) is 17.7 Å². The Balaban J connectivity index is 2.10. The maximum atomic E-state index is 12.3. The minimum absolute atomic E-state index is 0.00390. The number of phenolic OH excluding ortho intramolecular Hbond substituents is 1. The van der Waals surface area contributed by atoms with E-state index in [4.69, 9.17) is 0 Å². The number of phenols is 1. The average molecular weight is 298 g/mol. The standard InChI is InChI=1S/C18H22N2O2/c1-13-9-10-17(21)15(11-13)18(22)19-12-16(20(2)3)14-7-5-4-6-8-14/h4-11,16,21H,12H2,1-3H3,(H,19,22). The molecule has 116 valence electrons. The lowest BCUT2D eigenvalue weighted by Gasteiger charge is -2.25. The van der Waals surface area contributed by atoms with E-state index in [0.29, 0.717) is 12.1 Å². The summed E-state index contributed by atoms with van der Waals surface area (Å²) in [6.07, 6.45) is 0. The normalized spacial score (nSPS) is 12.2. The number of amides is 1. The minimum Gasteiger partial charge on any atom is -0.507 e. The third kappa shape index (κ3) is 3.86. The first-order valence-corrected chi connectivity index (χ1v) is 7.28. The molecule has 2 aromatic carbocycles. The fraction of sp³-hybridized carbons (Fsp3) is 0.278. The largest absolute Gasteiger partial charge is 0.507 e. The summed E-state index contributed by atoms with van der Waals surface area (Å²) in [6, 6.07) is 15.1. The molecule has 0 radical (unpaired) electrons. The molecule has 0 bridgehead atoms. The Kier molecular flexibility index (Phi) is 5.17. The smallest absolute Gasteiger partial charge is 0.255 e. The van der Waals surface area contributed by atoms with E-state index in [1.165, 1.54) is 0 Å². The minimum atomic E-state index is -0.260. The van der Waals surface area contributed by atoms with E-state index >= 15 is 0 Å². The Morgan fingerprint density at radius 3 is 2.50 bits per heavy atom. The number of carbonyl (C=O) groups excluding carboxylic acids is 1. The summed E-state index contributed by atoms with van der Waals surface area (Å²) in [5, 5.41) is 12.7. The molecule has 0 aliphatic heterocycles. The molecule has 0 saturated carbocycles. The van der Waals surface area contributed by atoms with E-state index in [9.17, 15) is 9.90 Å². The van der Waals surface area contributed by atoms with Crippen LogP contribution in [-0.4, -0.2) is 36.6 Å². The van der Waals surface area contributed by atoms with Crippen molar-refractivity contribution in [2.75, 3.05) is 20.6 Å². The molecule has 0 fully saturated rings. The van der Waals surface area contributed by atoms with Crippen molar-refractivity contribution in [1.29, 1.82) is 0 Å². The van der Waals surface area contributed by atoms with Gasteiger partial charge in [-0.1, -0.05) is 42.0 Å². The van der Waals surface area contributed by atoms with E-state index in [1.54, 1.807) is 18.2 Å². The van der Waals surface area contributed by atoms with Crippen molar-refractivity contribution in [3.05, 3.63) is 65.2 Å². The lowest BCUT2D eigenvalue weighted by atomic mass is 10.1. The van der Waals surface area contributed by atoms with Gasteiger partial charge < -0.3 is 15.3 Å². The molecule has 0 aliphatic rings. The van der Waals surface area contributed by atoms with E-state index in [0.717, 1.165) is 11.1 Å². The number of benzene rings is 2. The lowest BCUT2D eigenvalue weighted by Crippen LogP contribution is -2.34. The Labute approximate surface area is 131 Å². The second kappa shape index (κ2) is 7.09. The topological polar surface area (TPSA) is 52.6 Å². The summed E-state index contributed by atoms with van der Waals surface area (Å²) < 4.78 is 0. The Morgan fingerprint density at radius 2 is 1.86 bits per heavy atom. The summed E-state index contributed by atoms with van der Waals surface area (Å²) in [5.41, 5.74) is 2.39. The summed E-state index contributed by atoms with van der Waals surface area (Å²) in [5.74, 6) is -0.256. The molecule has 1 amide bonds. The zero-order chi connectivity index (χ0) is 16.1. The SMILES string of the molecule is Cc1ccc(O)c(C(=O)NCC(c2ccccc2)N(C)C)c1. The monoisotopic (exact) mass is 298 g/mol. The molecular weight excluding hydrogens is 276 g/mol. The first kappa shape index (κ1) is 16.0. The van der Waals surface area contributed by atoms with Crippen LogP contribution in [0.5, 0.6) is 5.75 Å². The predicted octanol–water partition coefficient (Wildman–Crippen LogP) is 2.73. The van der Waals surface area contributed by atoms with Gasteiger partial charge in [0.25, 0.3) is 5.91 Å². The van der Waals surface area contributed by atoms with Gasteiger partial charge in [0.2, 0.25) is 0 Å². The van der Waals surface area contributed by atoms with Crippen LogP contribution in [0.2, 0.25) is 0 Å². The first-order chi connectivity index (χ1) is 10.5. The van der Waals surface area contributed by atoms with Crippen molar-refractivity contribution in [3.63, 3.8) is 0 Å². The van der Waals surface area contributed by atoms with Crippen LogP contribution in [0.4, 0.5) is 0 Å². The highest BCUT2D eigenvalue weighted by atomic mass is 16.3. The number of hydrogen-bond acceptors (Lipinski definition) is 3. The van der Waals surface area contributed by atoms with E-state index < -0.39 is 0 Å². The van der Waals surface area contributed by atoms with Crippen LogP contribution in [0, 0.1) is 6.92 Å². The van der Waals surface area contributed by atoms with Crippen LogP contribution in [-0.2, 0) is 0 Å². The molecule has 2 rings (SSSR count). The van der Waals surface area contributed by atoms with Crippen LogP contribution in [0.1, 0.15) is 27.5 Å². The molecule has 0 saturated heterocycles. The first-order valence-electron chi connectivity index (χ1n) is 7.28. The van der Waals surface area contributed by atoms with Gasteiger partial charge in [-0.15, -0.1) is 0 Å². The van der Waals surface area contributed by atoms with Gasteiger partial charge in [-0.2, -0.15) is 0 Å². The number of nitrogens with zero attached hydrogens (tertiary/aromatic N) is 1. The predicted molar refractivity (Wildman–Crippen MR) is 88.0 cm³/mol. The van der Waals surface area contributed by atoms with Crippen LogP contribution in [0.3, 0.4) is 0 Å². The number of hydrogen-bond donors (Lipinski definition) is 2. The fourth-order valence-corrected chi connectivity index (χ4v) is 2.39. The Bertz CT molecular complexity index is 639. The number of carbonyl (C=O) groups is 1. The molecule has 1 atom stereocenters. The zero-order valence-corrected chi connectivity index (χ0v) is 13.2. The molecule has 0 heterocycles. The van der Waals surface area contributed by atoms with Crippen molar-refractivity contribution < 1.29 is 9.90 Å². The molecule has 0 aromatic heterocycles. The van der Waals surface area contributed by atoms with Crippen molar-refractivity contribution in [1.82, 2.24) is 10.2 Å². The number of aryl methyl sites for hydroxylation is 1. The van der Waals surface area contributed by atoms with Gasteiger partial charge in [0.1, 0.15) is 5.75 Å². The van der Waals surface area contributed by atoms with Crippen molar-refractivity contribution in [2.45, 2.75) is 13.0 Å². The van der Waals surface area contributed by atoms with Crippen LogP contribution in [0.25, 0.3) is 0 Å². The van der Waals surface area contributed by atoms with Gasteiger partial charge in [-0.05, 0) is 38.7 Å².